The fourth-order valence-electron chi connectivity index (χ4n) is 1.82. The van der Waals surface area contributed by atoms with E-state index in [0.29, 0.717) is 22.8 Å². The molecule has 0 saturated heterocycles. The lowest BCUT2D eigenvalue weighted by Crippen LogP contribution is -2.20. The Kier molecular flexibility index (Phi) is 4.24. The number of nitrogens with zero attached hydrogens (tertiary/aromatic N) is 1. The number of hydrogen-bond donors (Lipinski definition) is 2. The Morgan fingerprint density at radius 3 is 2.80 bits per heavy atom. The van der Waals surface area contributed by atoms with Crippen molar-refractivity contribution in [1.82, 2.24) is 4.57 Å². The largest absolute Gasteiger partial charge is 0.398 e. The number of aromatic nitrogens is 1. The van der Waals surface area contributed by atoms with Gasteiger partial charge in [0.25, 0.3) is 11.5 Å². The van der Waals surface area contributed by atoms with Gasteiger partial charge in [0.2, 0.25) is 0 Å². The summed E-state index contributed by atoms with van der Waals surface area (Å²) >= 11 is 1.35. The van der Waals surface area contributed by atoms with Gasteiger partial charge in [-0.25, -0.2) is 0 Å². The summed E-state index contributed by atoms with van der Waals surface area (Å²) in [5.74, 6) is -0.212. The average molecular weight is 291 g/mol. The summed E-state index contributed by atoms with van der Waals surface area (Å²) in [7, 11) is 0. The van der Waals surface area contributed by atoms with Gasteiger partial charge in [-0.05, 0) is 25.5 Å². The van der Waals surface area contributed by atoms with Gasteiger partial charge in [0, 0.05) is 29.4 Å². The van der Waals surface area contributed by atoms with Crippen LogP contribution in [0.3, 0.4) is 0 Å². The summed E-state index contributed by atoms with van der Waals surface area (Å²) in [4.78, 5) is 25.2. The molecule has 2 aromatic rings. The number of rotatable bonds is 4. The minimum atomic E-state index is -0.212. The van der Waals surface area contributed by atoms with E-state index in [2.05, 4.69) is 5.32 Å². The summed E-state index contributed by atoms with van der Waals surface area (Å²) in [6, 6.07) is 4.73. The number of anilines is 2. The third kappa shape index (κ3) is 3.08. The molecule has 0 spiro atoms. The third-order valence-electron chi connectivity index (χ3n) is 2.89. The fourth-order valence-corrected chi connectivity index (χ4v) is 2.66. The van der Waals surface area contributed by atoms with Crippen molar-refractivity contribution >= 4 is 28.6 Å². The van der Waals surface area contributed by atoms with Gasteiger partial charge in [0.1, 0.15) is 0 Å². The first kappa shape index (κ1) is 14.3. The lowest BCUT2D eigenvalue weighted by molar-refractivity contribution is 0.103. The van der Waals surface area contributed by atoms with E-state index >= 15 is 0 Å². The van der Waals surface area contributed by atoms with Crippen LogP contribution >= 0.6 is 11.3 Å². The molecular weight excluding hydrogens is 274 g/mol. The summed E-state index contributed by atoms with van der Waals surface area (Å²) in [5, 5.41) is 2.78. The van der Waals surface area contributed by atoms with Crippen LogP contribution in [0.15, 0.2) is 29.2 Å². The molecule has 0 unspecified atom stereocenters. The van der Waals surface area contributed by atoms with Crippen LogP contribution in [0.25, 0.3) is 0 Å². The molecule has 2 heterocycles. The number of hydrogen-bond acceptors (Lipinski definition) is 4. The third-order valence-corrected chi connectivity index (χ3v) is 3.95. The molecule has 0 aliphatic rings. The fraction of sp³-hybridized carbons (Fsp3) is 0.286. The van der Waals surface area contributed by atoms with Crippen molar-refractivity contribution in [2.24, 2.45) is 0 Å². The maximum atomic E-state index is 12.1. The van der Waals surface area contributed by atoms with Crippen molar-refractivity contribution in [3.63, 3.8) is 0 Å². The number of nitrogens with two attached hydrogens (primary N) is 1. The molecule has 20 heavy (non-hydrogen) atoms. The predicted octanol–water partition coefficient (Wildman–Crippen LogP) is 2.46. The zero-order valence-corrected chi connectivity index (χ0v) is 12.3. The zero-order chi connectivity index (χ0) is 14.7. The maximum absolute atomic E-state index is 12.1. The summed E-state index contributed by atoms with van der Waals surface area (Å²) in [5.41, 5.74) is 6.90. The monoisotopic (exact) mass is 291 g/mol. The highest BCUT2D eigenvalue weighted by Crippen LogP contribution is 2.24. The van der Waals surface area contributed by atoms with Crippen molar-refractivity contribution in [1.29, 1.82) is 0 Å². The van der Waals surface area contributed by atoms with Crippen LogP contribution < -0.4 is 16.6 Å². The molecule has 6 heteroatoms. The SMILES string of the molecule is CCCn1cc(NC(=O)c2cc(N)c(C)s2)ccc1=O. The van der Waals surface area contributed by atoms with Gasteiger partial charge in [0.05, 0.1) is 10.6 Å². The van der Waals surface area contributed by atoms with E-state index in [1.807, 2.05) is 13.8 Å². The van der Waals surface area contributed by atoms with Gasteiger partial charge in [0.15, 0.2) is 0 Å². The van der Waals surface area contributed by atoms with Gasteiger partial charge in [-0.3, -0.25) is 9.59 Å². The molecule has 2 rings (SSSR count). The molecule has 2 aromatic heterocycles. The van der Waals surface area contributed by atoms with Crippen LogP contribution in [0.4, 0.5) is 11.4 Å². The van der Waals surface area contributed by atoms with E-state index in [1.165, 1.54) is 17.4 Å². The van der Waals surface area contributed by atoms with Crippen molar-refractivity contribution in [3.05, 3.63) is 44.5 Å². The van der Waals surface area contributed by atoms with Crippen LogP contribution in [-0.2, 0) is 6.54 Å². The van der Waals surface area contributed by atoms with Gasteiger partial charge in [-0.2, -0.15) is 0 Å². The number of nitrogen functional groups attached to an aromatic ring is 1. The second-order valence-corrected chi connectivity index (χ2v) is 5.78. The van der Waals surface area contributed by atoms with E-state index in [-0.39, 0.29) is 11.5 Å². The Morgan fingerprint density at radius 1 is 1.45 bits per heavy atom. The molecule has 0 radical (unpaired) electrons. The van der Waals surface area contributed by atoms with Crippen LogP contribution in [0, 0.1) is 6.92 Å². The predicted molar refractivity (Wildman–Crippen MR) is 82.4 cm³/mol. The minimum Gasteiger partial charge on any atom is -0.398 e. The van der Waals surface area contributed by atoms with E-state index in [9.17, 15) is 9.59 Å². The van der Waals surface area contributed by atoms with Crippen LogP contribution in [0.1, 0.15) is 27.9 Å². The number of carbonyl (C=O) groups is 1. The second-order valence-electron chi connectivity index (χ2n) is 4.53. The van der Waals surface area contributed by atoms with Crippen molar-refractivity contribution in [2.75, 3.05) is 11.1 Å². The molecule has 0 saturated carbocycles. The maximum Gasteiger partial charge on any atom is 0.265 e. The molecule has 5 nitrogen and oxygen atoms in total. The van der Waals surface area contributed by atoms with Gasteiger partial charge >= 0.3 is 0 Å². The Bertz CT molecular complexity index is 668. The number of nitrogens with one attached hydrogen (secondary N) is 1. The highest BCUT2D eigenvalue weighted by atomic mass is 32.1. The Hall–Kier alpha value is -2.08. The van der Waals surface area contributed by atoms with E-state index in [1.54, 1.807) is 22.9 Å². The molecule has 3 N–H and O–H groups in total. The molecule has 0 aliphatic heterocycles. The summed E-state index contributed by atoms with van der Waals surface area (Å²) in [6.45, 7) is 4.50. The summed E-state index contributed by atoms with van der Waals surface area (Å²) in [6.07, 6.45) is 2.52. The van der Waals surface area contributed by atoms with E-state index in [4.69, 9.17) is 5.73 Å². The highest BCUT2D eigenvalue weighted by Gasteiger charge is 2.11. The molecular formula is C14H17N3O2S. The van der Waals surface area contributed by atoms with Crippen LogP contribution in [-0.4, -0.2) is 10.5 Å². The number of amides is 1. The van der Waals surface area contributed by atoms with Crippen molar-refractivity contribution in [3.8, 4) is 0 Å². The van der Waals surface area contributed by atoms with E-state index in [0.717, 1.165) is 11.3 Å². The van der Waals surface area contributed by atoms with Gasteiger partial charge in [-0.1, -0.05) is 6.92 Å². The lowest BCUT2D eigenvalue weighted by atomic mass is 10.3. The first-order valence-electron chi connectivity index (χ1n) is 6.39. The topological polar surface area (TPSA) is 77.1 Å². The van der Waals surface area contributed by atoms with Crippen LogP contribution in [0.2, 0.25) is 0 Å². The van der Waals surface area contributed by atoms with E-state index < -0.39 is 0 Å². The first-order chi connectivity index (χ1) is 9.51. The normalized spacial score (nSPS) is 10.5. The number of pyridine rings is 1. The van der Waals surface area contributed by atoms with Gasteiger partial charge < -0.3 is 15.6 Å². The molecule has 106 valence electrons. The van der Waals surface area contributed by atoms with Crippen molar-refractivity contribution < 1.29 is 4.79 Å². The highest BCUT2D eigenvalue weighted by molar-refractivity contribution is 7.14. The van der Waals surface area contributed by atoms with Crippen LogP contribution in [0.5, 0.6) is 0 Å². The minimum absolute atomic E-state index is 0.0685. The first-order valence-corrected chi connectivity index (χ1v) is 7.20. The molecule has 0 atom stereocenters. The van der Waals surface area contributed by atoms with Gasteiger partial charge in [-0.15, -0.1) is 11.3 Å². The van der Waals surface area contributed by atoms with Crippen molar-refractivity contribution in [2.45, 2.75) is 26.8 Å². The number of carbonyl (C=O) groups excluding carboxylic acids is 1. The molecule has 0 bridgehead atoms. The standard InChI is InChI=1S/C14H17N3O2S/c1-3-6-17-8-10(4-5-13(17)18)16-14(19)12-7-11(15)9(2)20-12/h4-5,7-8H,3,6,15H2,1-2H3,(H,16,19). The smallest absolute Gasteiger partial charge is 0.265 e. The summed E-state index contributed by atoms with van der Waals surface area (Å²) < 4.78 is 1.59. The second kappa shape index (κ2) is 5.92. The Morgan fingerprint density at radius 2 is 2.20 bits per heavy atom. The number of aryl methyl sites for hydroxylation is 2. The molecule has 0 aromatic carbocycles. The molecule has 0 aliphatic carbocycles. The molecule has 1 amide bonds. The zero-order valence-electron chi connectivity index (χ0n) is 11.5. The Labute approximate surface area is 121 Å². The quantitative estimate of drug-likeness (QED) is 0.908. The Balaban J connectivity index is 2.19. The lowest BCUT2D eigenvalue weighted by Gasteiger charge is -2.07. The molecule has 0 fully saturated rings. The average Bonchev–Trinajstić information content (AvgIpc) is 2.74. The number of thiophene rings is 1.